The predicted molar refractivity (Wildman–Crippen MR) is 77.4 cm³/mol. The van der Waals surface area contributed by atoms with Gasteiger partial charge in [0.1, 0.15) is 5.69 Å². The standard InChI is InChI=1S/C15H13ClN2O3/c16-10-7-12(17-8-10)14(19)18-6-5-9-3-1-2-4-11(9)13(18)15(20)21/h1-4,7-8,13,17H,5-6H2,(H,20,21). The van der Waals surface area contributed by atoms with Gasteiger partial charge in [0.05, 0.1) is 5.02 Å². The average Bonchev–Trinajstić information content (AvgIpc) is 2.91. The number of nitrogens with one attached hydrogen (secondary N) is 1. The molecule has 108 valence electrons. The number of carboxylic acid groups (broad SMARTS) is 1. The SMILES string of the molecule is O=C(O)C1c2ccccc2CCN1C(=O)c1cc(Cl)c[nH]1. The Balaban J connectivity index is 1.99. The van der Waals surface area contributed by atoms with E-state index in [1.165, 1.54) is 17.2 Å². The second-order valence-corrected chi connectivity index (χ2v) is 5.36. The molecule has 3 rings (SSSR count). The quantitative estimate of drug-likeness (QED) is 0.895. The molecule has 6 heteroatoms. The van der Waals surface area contributed by atoms with Crippen LogP contribution in [-0.2, 0) is 11.2 Å². The number of hydrogen-bond donors (Lipinski definition) is 2. The van der Waals surface area contributed by atoms with Gasteiger partial charge in [-0.3, -0.25) is 4.79 Å². The van der Waals surface area contributed by atoms with Gasteiger partial charge in [0.25, 0.3) is 5.91 Å². The summed E-state index contributed by atoms with van der Waals surface area (Å²) in [5, 5.41) is 9.95. The van der Waals surface area contributed by atoms with E-state index >= 15 is 0 Å². The van der Waals surface area contributed by atoms with Crippen molar-refractivity contribution in [1.82, 2.24) is 9.88 Å². The Morgan fingerprint density at radius 3 is 2.76 bits per heavy atom. The van der Waals surface area contributed by atoms with Gasteiger partial charge < -0.3 is 15.0 Å². The molecule has 1 aromatic heterocycles. The molecule has 1 unspecified atom stereocenters. The van der Waals surface area contributed by atoms with E-state index in [1.54, 1.807) is 12.1 Å². The molecule has 0 saturated heterocycles. The maximum Gasteiger partial charge on any atom is 0.331 e. The molecule has 2 heterocycles. The van der Waals surface area contributed by atoms with Crippen LogP contribution in [0.5, 0.6) is 0 Å². The molecule has 0 aliphatic carbocycles. The van der Waals surface area contributed by atoms with Gasteiger partial charge in [0, 0.05) is 12.7 Å². The fourth-order valence-corrected chi connectivity index (χ4v) is 2.86. The van der Waals surface area contributed by atoms with Gasteiger partial charge >= 0.3 is 5.97 Å². The first kappa shape index (κ1) is 13.7. The highest BCUT2D eigenvalue weighted by Gasteiger charge is 2.36. The van der Waals surface area contributed by atoms with Crippen molar-refractivity contribution in [3.63, 3.8) is 0 Å². The molecule has 0 bridgehead atoms. The van der Waals surface area contributed by atoms with Gasteiger partial charge in [0.15, 0.2) is 6.04 Å². The van der Waals surface area contributed by atoms with Gasteiger partial charge in [-0.05, 0) is 23.6 Å². The fraction of sp³-hybridized carbons (Fsp3) is 0.200. The number of benzene rings is 1. The molecule has 21 heavy (non-hydrogen) atoms. The van der Waals surface area contributed by atoms with Crippen molar-refractivity contribution in [2.24, 2.45) is 0 Å². The summed E-state index contributed by atoms with van der Waals surface area (Å²) >= 11 is 5.81. The monoisotopic (exact) mass is 304 g/mol. The summed E-state index contributed by atoms with van der Waals surface area (Å²) in [6.45, 7) is 0.365. The van der Waals surface area contributed by atoms with E-state index in [2.05, 4.69) is 4.98 Å². The summed E-state index contributed by atoms with van der Waals surface area (Å²) < 4.78 is 0. The highest BCUT2D eigenvalue weighted by atomic mass is 35.5. The number of hydrogen-bond acceptors (Lipinski definition) is 2. The minimum atomic E-state index is -1.03. The summed E-state index contributed by atoms with van der Waals surface area (Å²) in [7, 11) is 0. The van der Waals surface area contributed by atoms with Crippen molar-refractivity contribution in [1.29, 1.82) is 0 Å². The zero-order chi connectivity index (χ0) is 15.0. The molecular weight excluding hydrogens is 292 g/mol. The van der Waals surface area contributed by atoms with Crippen LogP contribution in [0, 0.1) is 0 Å². The number of aromatic amines is 1. The molecule has 0 saturated carbocycles. The van der Waals surface area contributed by atoms with E-state index < -0.39 is 12.0 Å². The highest BCUT2D eigenvalue weighted by Crippen LogP contribution is 2.31. The van der Waals surface area contributed by atoms with Crippen molar-refractivity contribution >= 4 is 23.5 Å². The smallest absolute Gasteiger partial charge is 0.331 e. The number of nitrogens with zero attached hydrogens (tertiary/aromatic N) is 1. The van der Waals surface area contributed by atoms with Crippen LogP contribution in [0.4, 0.5) is 0 Å². The second-order valence-electron chi connectivity index (χ2n) is 4.92. The van der Waals surface area contributed by atoms with Crippen molar-refractivity contribution < 1.29 is 14.7 Å². The molecule has 2 aromatic rings. The van der Waals surface area contributed by atoms with Crippen LogP contribution in [-0.4, -0.2) is 33.4 Å². The predicted octanol–water partition coefficient (Wildman–Crippen LogP) is 2.49. The Morgan fingerprint density at radius 2 is 2.10 bits per heavy atom. The second kappa shape index (κ2) is 5.26. The zero-order valence-corrected chi connectivity index (χ0v) is 11.8. The molecule has 5 nitrogen and oxygen atoms in total. The first-order chi connectivity index (χ1) is 10.1. The first-order valence-electron chi connectivity index (χ1n) is 6.53. The summed E-state index contributed by atoms with van der Waals surface area (Å²) in [6, 6.07) is 7.86. The number of aliphatic carboxylic acids is 1. The van der Waals surface area contributed by atoms with Crippen LogP contribution < -0.4 is 0 Å². The maximum atomic E-state index is 12.5. The summed E-state index contributed by atoms with van der Waals surface area (Å²) in [6.07, 6.45) is 2.14. The third-order valence-electron chi connectivity index (χ3n) is 3.66. The van der Waals surface area contributed by atoms with E-state index in [0.29, 0.717) is 29.2 Å². The van der Waals surface area contributed by atoms with Crippen molar-refractivity contribution in [2.45, 2.75) is 12.5 Å². The molecule has 1 aliphatic rings. The number of carbonyl (C=O) groups excluding carboxylic acids is 1. The Kier molecular flexibility index (Phi) is 3.43. The third kappa shape index (κ3) is 2.40. The minimum Gasteiger partial charge on any atom is -0.479 e. The van der Waals surface area contributed by atoms with Crippen LogP contribution in [0.2, 0.25) is 5.02 Å². The number of rotatable bonds is 2. The Labute approximate surface area is 126 Å². The summed E-state index contributed by atoms with van der Waals surface area (Å²) in [4.78, 5) is 28.3. The van der Waals surface area contributed by atoms with Crippen LogP contribution in [0.3, 0.4) is 0 Å². The Hall–Kier alpha value is -2.27. The highest BCUT2D eigenvalue weighted by molar-refractivity contribution is 6.31. The number of carboxylic acids is 1. The van der Waals surface area contributed by atoms with Gasteiger partial charge in [-0.1, -0.05) is 35.9 Å². The first-order valence-corrected chi connectivity index (χ1v) is 6.91. The number of carbonyl (C=O) groups is 2. The number of fused-ring (bicyclic) bond motifs is 1. The van der Waals surface area contributed by atoms with E-state index in [9.17, 15) is 14.7 Å². The molecule has 1 amide bonds. The number of H-pyrrole nitrogens is 1. The van der Waals surface area contributed by atoms with E-state index in [4.69, 9.17) is 11.6 Å². The lowest BCUT2D eigenvalue weighted by Crippen LogP contribution is -2.43. The lowest BCUT2D eigenvalue weighted by molar-refractivity contribution is -0.143. The fourth-order valence-electron chi connectivity index (χ4n) is 2.70. The average molecular weight is 305 g/mol. The van der Waals surface area contributed by atoms with Gasteiger partial charge in [0.2, 0.25) is 0 Å². The third-order valence-corrected chi connectivity index (χ3v) is 3.87. The number of aromatic nitrogens is 1. The maximum absolute atomic E-state index is 12.5. The van der Waals surface area contributed by atoms with Crippen LogP contribution >= 0.6 is 11.6 Å². The Bertz CT molecular complexity index is 710. The van der Waals surface area contributed by atoms with Gasteiger partial charge in [-0.25, -0.2) is 4.79 Å². The zero-order valence-electron chi connectivity index (χ0n) is 11.0. The molecule has 2 N–H and O–H groups in total. The summed E-state index contributed by atoms with van der Waals surface area (Å²) in [5.41, 5.74) is 1.94. The van der Waals surface area contributed by atoms with E-state index in [-0.39, 0.29) is 5.91 Å². The van der Waals surface area contributed by atoms with E-state index in [1.807, 2.05) is 12.1 Å². The van der Waals surface area contributed by atoms with Crippen LogP contribution in [0.1, 0.15) is 27.7 Å². The molecular formula is C15H13ClN2O3. The normalized spacial score (nSPS) is 17.4. The van der Waals surface area contributed by atoms with Crippen LogP contribution in [0.15, 0.2) is 36.5 Å². The Morgan fingerprint density at radius 1 is 1.33 bits per heavy atom. The van der Waals surface area contributed by atoms with Gasteiger partial charge in [-0.15, -0.1) is 0 Å². The van der Waals surface area contributed by atoms with E-state index in [0.717, 1.165) is 5.56 Å². The number of amides is 1. The minimum absolute atomic E-state index is 0.297. The molecule has 1 aromatic carbocycles. The number of halogens is 1. The molecule has 1 aliphatic heterocycles. The van der Waals surface area contributed by atoms with Crippen molar-refractivity contribution in [3.05, 3.63) is 58.4 Å². The van der Waals surface area contributed by atoms with Crippen LogP contribution in [0.25, 0.3) is 0 Å². The largest absolute Gasteiger partial charge is 0.479 e. The summed E-state index contributed by atoms with van der Waals surface area (Å²) in [5.74, 6) is -1.39. The lowest BCUT2D eigenvalue weighted by Gasteiger charge is -2.34. The van der Waals surface area contributed by atoms with Crippen molar-refractivity contribution in [2.75, 3.05) is 6.54 Å². The molecule has 0 spiro atoms. The molecule has 0 fully saturated rings. The molecule has 0 radical (unpaired) electrons. The topological polar surface area (TPSA) is 73.4 Å². The molecule has 1 atom stereocenters. The van der Waals surface area contributed by atoms with Crippen molar-refractivity contribution in [3.8, 4) is 0 Å². The van der Waals surface area contributed by atoms with Gasteiger partial charge in [-0.2, -0.15) is 0 Å². The lowest BCUT2D eigenvalue weighted by atomic mass is 9.92.